The third-order valence-electron chi connectivity index (χ3n) is 3.44. The minimum atomic E-state index is 0.172. The SMILES string of the molecule is C=C1CC1C(=O)N1CCCCC(SCC)C1. The largest absolute Gasteiger partial charge is 0.341 e. The van der Waals surface area contributed by atoms with Crippen LogP contribution in [0.4, 0.5) is 0 Å². The molecule has 0 aromatic carbocycles. The van der Waals surface area contributed by atoms with Crippen molar-refractivity contribution < 1.29 is 4.79 Å². The molecule has 1 amide bonds. The van der Waals surface area contributed by atoms with Crippen LogP contribution in [-0.2, 0) is 4.79 Å². The van der Waals surface area contributed by atoms with Crippen molar-refractivity contribution >= 4 is 17.7 Å². The van der Waals surface area contributed by atoms with Crippen LogP contribution in [0.5, 0.6) is 0 Å². The molecule has 3 heteroatoms. The summed E-state index contributed by atoms with van der Waals surface area (Å²) >= 11 is 2.00. The Bertz CT molecular complexity index is 290. The molecule has 0 spiro atoms. The lowest BCUT2D eigenvalue weighted by Crippen LogP contribution is -2.36. The van der Waals surface area contributed by atoms with E-state index in [1.54, 1.807) is 0 Å². The van der Waals surface area contributed by atoms with Crippen LogP contribution in [-0.4, -0.2) is 34.9 Å². The van der Waals surface area contributed by atoms with Crippen molar-refractivity contribution in [3.63, 3.8) is 0 Å². The van der Waals surface area contributed by atoms with E-state index in [0.717, 1.165) is 30.8 Å². The first kappa shape index (κ1) is 12.0. The molecule has 2 atom stereocenters. The summed E-state index contributed by atoms with van der Waals surface area (Å²) in [4.78, 5) is 14.2. The van der Waals surface area contributed by atoms with Gasteiger partial charge in [0.25, 0.3) is 0 Å². The second-order valence-corrected chi connectivity index (χ2v) is 6.35. The summed E-state index contributed by atoms with van der Waals surface area (Å²) in [5, 5.41) is 0.656. The first-order chi connectivity index (χ1) is 7.72. The highest BCUT2D eigenvalue weighted by Crippen LogP contribution is 2.38. The number of carbonyl (C=O) groups is 1. The van der Waals surface area contributed by atoms with Gasteiger partial charge in [-0.25, -0.2) is 0 Å². The molecule has 16 heavy (non-hydrogen) atoms. The Labute approximate surface area is 102 Å². The molecule has 1 heterocycles. The zero-order valence-electron chi connectivity index (χ0n) is 10.1. The van der Waals surface area contributed by atoms with Crippen LogP contribution in [0, 0.1) is 5.92 Å². The van der Waals surface area contributed by atoms with Crippen molar-refractivity contribution in [2.75, 3.05) is 18.8 Å². The monoisotopic (exact) mass is 239 g/mol. The molecule has 0 aromatic rings. The summed E-state index contributed by atoms with van der Waals surface area (Å²) in [6.45, 7) is 8.01. The lowest BCUT2D eigenvalue weighted by molar-refractivity contribution is -0.132. The minimum Gasteiger partial charge on any atom is -0.341 e. The van der Waals surface area contributed by atoms with Crippen LogP contribution < -0.4 is 0 Å². The molecular weight excluding hydrogens is 218 g/mol. The fraction of sp³-hybridized carbons (Fsp3) is 0.769. The zero-order chi connectivity index (χ0) is 11.5. The van der Waals surface area contributed by atoms with Crippen LogP contribution >= 0.6 is 11.8 Å². The van der Waals surface area contributed by atoms with Gasteiger partial charge in [0.05, 0.1) is 5.92 Å². The number of hydrogen-bond donors (Lipinski definition) is 0. The normalized spacial score (nSPS) is 30.1. The maximum Gasteiger partial charge on any atom is 0.230 e. The number of carbonyl (C=O) groups excluding carboxylic acids is 1. The fourth-order valence-electron chi connectivity index (χ4n) is 2.36. The lowest BCUT2D eigenvalue weighted by atomic mass is 10.2. The predicted molar refractivity (Wildman–Crippen MR) is 69.6 cm³/mol. The van der Waals surface area contributed by atoms with Gasteiger partial charge in [0.15, 0.2) is 0 Å². The number of nitrogens with zero attached hydrogens (tertiary/aromatic N) is 1. The van der Waals surface area contributed by atoms with E-state index >= 15 is 0 Å². The van der Waals surface area contributed by atoms with Crippen LogP contribution in [0.2, 0.25) is 0 Å². The second kappa shape index (κ2) is 5.26. The lowest BCUT2D eigenvalue weighted by Gasteiger charge is -2.24. The van der Waals surface area contributed by atoms with E-state index in [1.807, 2.05) is 11.8 Å². The van der Waals surface area contributed by atoms with Crippen molar-refractivity contribution in [1.82, 2.24) is 4.90 Å². The fourth-order valence-corrected chi connectivity index (χ4v) is 3.45. The molecule has 2 nitrogen and oxygen atoms in total. The van der Waals surface area contributed by atoms with Gasteiger partial charge in [0.1, 0.15) is 0 Å². The molecule has 2 unspecified atom stereocenters. The first-order valence-electron chi connectivity index (χ1n) is 6.30. The van der Waals surface area contributed by atoms with E-state index in [0.29, 0.717) is 11.2 Å². The summed E-state index contributed by atoms with van der Waals surface area (Å²) in [6.07, 6.45) is 4.65. The maximum atomic E-state index is 12.1. The number of amides is 1. The summed E-state index contributed by atoms with van der Waals surface area (Å²) in [7, 11) is 0. The third-order valence-corrected chi connectivity index (χ3v) is 4.63. The predicted octanol–water partition coefficient (Wildman–Crippen LogP) is 2.70. The summed E-state index contributed by atoms with van der Waals surface area (Å²) in [6, 6.07) is 0. The van der Waals surface area contributed by atoms with E-state index in [9.17, 15) is 4.79 Å². The number of rotatable bonds is 3. The third kappa shape index (κ3) is 2.82. The summed E-state index contributed by atoms with van der Waals surface area (Å²) in [5.74, 6) is 1.67. The number of likely N-dealkylation sites (tertiary alicyclic amines) is 1. The van der Waals surface area contributed by atoms with Gasteiger partial charge in [0.2, 0.25) is 5.91 Å². The van der Waals surface area contributed by atoms with E-state index in [4.69, 9.17) is 0 Å². The van der Waals surface area contributed by atoms with Crippen molar-refractivity contribution in [2.45, 2.75) is 37.9 Å². The summed E-state index contributed by atoms with van der Waals surface area (Å²) < 4.78 is 0. The topological polar surface area (TPSA) is 20.3 Å². The van der Waals surface area contributed by atoms with Crippen LogP contribution in [0.1, 0.15) is 32.6 Å². The molecule has 2 fully saturated rings. The highest BCUT2D eigenvalue weighted by molar-refractivity contribution is 7.99. The highest BCUT2D eigenvalue weighted by Gasteiger charge is 2.38. The highest BCUT2D eigenvalue weighted by atomic mass is 32.2. The van der Waals surface area contributed by atoms with Gasteiger partial charge in [-0.2, -0.15) is 11.8 Å². The van der Waals surface area contributed by atoms with Crippen LogP contribution in [0.25, 0.3) is 0 Å². The van der Waals surface area contributed by atoms with E-state index in [1.165, 1.54) is 19.3 Å². The Balaban J connectivity index is 1.91. The molecule has 0 bridgehead atoms. The Kier molecular flexibility index (Phi) is 3.95. The average Bonchev–Trinajstić information content (AvgIpc) is 3.01. The van der Waals surface area contributed by atoms with E-state index < -0.39 is 0 Å². The Morgan fingerprint density at radius 2 is 2.31 bits per heavy atom. The minimum absolute atomic E-state index is 0.172. The molecule has 0 aromatic heterocycles. The first-order valence-corrected chi connectivity index (χ1v) is 7.35. The molecule has 90 valence electrons. The molecule has 1 aliphatic carbocycles. The molecule has 1 aliphatic heterocycles. The van der Waals surface area contributed by atoms with Gasteiger partial charge >= 0.3 is 0 Å². The summed E-state index contributed by atoms with van der Waals surface area (Å²) in [5.41, 5.74) is 1.13. The van der Waals surface area contributed by atoms with Crippen molar-refractivity contribution in [1.29, 1.82) is 0 Å². The standard InChI is InChI=1S/C13H21NOS/c1-3-16-11-6-4-5-7-14(9-11)13(15)12-8-10(12)2/h11-12H,2-9H2,1H3. The average molecular weight is 239 g/mol. The Hall–Kier alpha value is -0.440. The van der Waals surface area contributed by atoms with Crippen molar-refractivity contribution in [3.05, 3.63) is 12.2 Å². The van der Waals surface area contributed by atoms with E-state index in [-0.39, 0.29) is 5.92 Å². The Morgan fingerprint density at radius 3 is 2.94 bits per heavy atom. The van der Waals surface area contributed by atoms with Gasteiger partial charge in [0, 0.05) is 18.3 Å². The zero-order valence-corrected chi connectivity index (χ0v) is 10.9. The molecule has 0 radical (unpaired) electrons. The maximum absolute atomic E-state index is 12.1. The van der Waals surface area contributed by atoms with Gasteiger partial charge < -0.3 is 4.90 Å². The molecule has 0 N–H and O–H groups in total. The van der Waals surface area contributed by atoms with Crippen LogP contribution in [0.15, 0.2) is 12.2 Å². The van der Waals surface area contributed by atoms with Crippen LogP contribution in [0.3, 0.4) is 0 Å². The van der Waals surface area contributed by atoms with Gasteiger partial charge in [-0.05, 0) is 25.0 Å². The molecular formula is C13H21NOS. The molecule has 2 rings (SSSR count). The number of hydrogen-bond acceptors (Lipinski definition) is 2. The molecule has 2 aliphatic rings. The van der Waals surface area contributed by atoms with E-state index in [2.05, 4.69) is 18.4 Å². The molecule has 1 saturated carbocycles. The second-order valence-electron chi connectivity index (χ2n) is 4.77. The smallest absolute Gasteiger partial charge is 0.230 e. The van der Waals surface area contributed by atoms with Gasteiger partial charge in [-0.15, -0.1) is 0 Å². The molecule has 1 saturated heterocycles. The van der Waals surface area contributed by atoms with Gasteiger partial charge in [-0.1, -0.05) is 25.5 Å². The number of thioether (sulfide) groups is 1. The van der Waals surface area contributed by atoms with Gasteiger partial charge in [-0.3, -0.25) is 4.79 Å². The Morgan fingerprint density at radius 1 is 1.56 bits per heavy atom. The van der Waals surface area contributed by atoms with Crippen molar-refractivity contribution in [2.24, 2.45) is 5.92 Å². The van der Waals surface area contributed by atoms with Crippen molar-refractivity contribution in [3.8, 4) is 0 Å². The quantitative estimate of drug-likeness (QED) is 0.706.